The molecular formula is C25H29ClN4O3. The molecule has 5 rings (SSSR count). The highest BCUT2D eigenvalue weighted by molar-refractivity contribution is 6.31. The number of hydrogen-bond donors (Lipinski definition) is 0. The number of benzene rings is 1. The zero-order valence-electron chi connectivity index (χ0n) is 19.7. The Bertz CT molecular complexity index is 1140. The van der Waals surface area contributed by atoms with Crippen LogP contribution in [0.3, 0.4) is 0 Å². The second kappa shape index (κ2) is 7.10. The Balaban J connectivity index is 1.28. The second-order valence-corrected chi connectivity index (χ2v) is 11.4. The van der Waals surface area contributed by atoms with E-state index in [4.69, 9.17) is 16.3 Å². The van der Waals surface area contributed by atoms with E-state index in [1.165, 1.54) is 0 Å². The average molecular weight is 469 g/mol. The fourth-order valence-electron chi connectivity index (χ4n) is 5.22. The van der Waals surface area contributed by atoms with Crippen LogP contribution in [-0.4, -0.2) is 53.7 Å². The van der Waals surface area contributed by atoms with Crippen molar-refractivity contribution in [2.24, 2.45) is 5.41 Å². The summed E-state index contributed by atoms with van der Waals surface area (Å²) in [6, 6.07) is 7.45. The highest BCUT2D eigenvalue weighted by Gasteiger charge is 2.54. The number of fused-ring (bicyclic) bond motifs is 1. The van der Waals surface area contributed by atoms with Crippen LogP contribution in [0.1, 0.15) is 50.5 Å². The quantitative estimate of drug-likeness (QED) is 0.639. The standard InChI is InChI=1S/C25H29ClN4O3/c1-23(2,3)33-22(32)29-14-25(15-29)12-28(13-25)17-9-18(11-27-10-17)30-21(31)19-7-6-16(26)8-20(19)24(30,4)5/h6-11H,12-15H2,1-5H3. The van der Waals surface area contributed by atoms with Crippen molar-refractivity contribution < 1.29 is 14.3 Å². The molecule has 3 aliphatic rings. The number of likely N-dealkylation sites (tertiary alicyclic amines) is 1. The Morgan fingerprint density at radius 1 is 1.06 bits per heavy atom. The summed E-state index contributed by atoms with van der Waals surface area (Å²) in [5.41, 5.74) is 2.44. The number of halogens is 1. The highest BCUT2D eigenvalue weighted by Crippen LogP contribution is 2.45. The SMILES string of the molecule is CC(C)(C)OC(=O)N1CC2(C1)CN(c1cncc(N3C(=O)c4ccc(Cl)cc4C3(C)C)c1)C2. The van der Waals surface area contributed by atoms with Gasteiger partial charge in [0.1, 0.15) is 5.60 Å². The van der Waals surface area contributed by atoms with Crippen LogP contribution in [0.5, 0.6) is 0 Å². The minimum Gasteiger partial charge on any atom is -0.444 e. The van der Waals surface area contributed by atoms with Crippen molar-refractivity contribution in [2.45, 2.75) is 45.8 Å². The number of rotatable bonds is 2. The monoisotopic (exact) mass is 468 g/mol. The highest BCUT2D eigenvalue weighted by atomic mass is 35.5. The Kier molecular flexibility index (Phi) is 4.73. The van der Waals surface area contributed by atoms with Gasteiger partial charge in [-0.25, -0.2) is 4.79 Å². The molecule has 0 bridgehead atoms. The van der Waals surface area contributed by atoms with Crippen molar-refractivity contribution >= 4 is 35.0 Å². The number of amides is 2. The molecule has 4 heterocycles. The number of carbonyl (C=O) groups is 2. The van der Waals surface area contributed by atoms with Crippen LogP contribution >= 0.6 is 11.6 Å². The van der Waals surface area contributed by atoms with Crippen LogP contribution in [0, 0.1) is 5.41 Å². The van der Waals surface area contributed by atoms with E-state index in [9.17, 15) is 9.59 Å². The van der Waals surface area contributed by atoms with E-state index in [2.05, 4.69) is 9.88 Å². The average Bonchev–Trinajstić information content (AvgIpc) is 2.83. The van der Waals surface area contributed by atoms with Crippen LogP contribution < -0.4 is 9.80 Å². The zero-order valence-corrected chi connectivity index (χ0v) is 20.4. The third-order valence-electron chi connectivity index (χ3n) is 6.72. The Hall–Kier alpha value is -2.80. The first-order valence-electron chi connectivity index (χ1n) is 11.2. The summed E-state index contributed by atoms with van der Waals surface area (Å²) in [5.74, 6) is -0.0438. The predicted molar refractivity (Wildman–Crippen MR) is 128 cm³/mol. The summed E-state index contributed by atoms with van der Waals surface area (Å²) in [6.45, 7) is 12.8. The number of anilines is 2. The topological polar surface area (TPSA) is 66.0 Å². The van der Waals surface area contributed by atoms with E-state index in [-0.39, 0.29) is 17.4 Å². The van der Waals surface area contributed by atoms with Crippen LogP contribution in [-0.2, 0) is 10.3 Å². The molecule has 0 N–H and O–H groups in total. The van der Waals surface area contributed by atoms with Gasteiger partial charge in [0, 0.05) is 42.2 Å². The molecule has 0 saturated carbocycles. The zero-order chi connectivity index (χ0) is 23.8. The van der Waals surface area contributed by atoms with Gasteiger partial charge < -0.3 is 14.5 Å². The molecule has 0 atom stereocenters. The molecular weight excluding hydrogens is 440 g/mol. The van der Waals surface area contributed by atoms with Crippen molar-refractivity contribution in [2.75, 3.05) is 36.0 Å². The third-order valence-corrected chi connectivity index (χ3v) is 6.96. The number of ether oxygens (including phenoxy) is 1. The maximum absolute atomic E-state index is 13.2. The molecule has 3 aliphatic heterocycles. The minimum atomic E-state index is -0.532. The lowest BCUT2D eigenvalue weighted by Gasteiger charge is -2.60. The second-order valence-electron chi connectivity index (χ2n) is 11.0. The lowest BCUT2D eigenvalue weighted by Crippen LogP contribution is -2.73. The summed E-state index contributed by atoms with van der Waals surface area (Å²) in [5, 5.41) is 0.621. The van der Waals surface area contributed by atoms with Crippen molar-refractivity contribution in [1.82, 2.24) is 9.88 Å². The summed E-state index contributed by atoms with van der Waals surface area (Å²) >= 11 is 6.21. The molecule has 2 aromatic rings. The lowest BCUT2D eigenvalue weighted by atomic mass is 9.73. The molecule has 1 aromatic carbocycles. The number of aromatic nitrogens is 1. The van der Waals surface area contributed by atoms with Gasteiger partial charge in [0.25, 0.3) is 5.91 Å². The Morgan fingerprint density at radius 2 is 1.73 bits per heavy atom. The summed E-state index contributed by atoms with van der Waals surface area (Å²) in [6.07, 6.45) is 3.32. The Labute approximate surface area is 199 Å². The van der Waals surface area contributed by atoms with Crippen LogP contribution in [0.4, 0.5) is 16.2 Å². The smallest absolute Gasteiger partial charge is 0.410 e. The molecule has 7 nitrogen and oxygen atoms in total. The van der Waals surface area contributed by atoms with Gasteiger partial charge in [0.2, 0.25) is 0 Å². The molecule has 2 amide bonds. The number of carbonyl (C=O) groups excluding carboxylic acids is 2. The van der Waals surface area contributed by atoms with Crippen LogP contribution in [0.25, 0.3) is 0 Å². The normalized spacial score (nSPS) is 20.4. The molecule has 2 saturated heterocycles. The molecule has 0 radical (unpaired) electrons. The van der Waals surface area contributed by atoms with Crippen molar-refractivity contribution in [1.29, 1.82) is 0 Å². The number of hydrogen-bond acceptors (Lipinski definition) is 5. The van der Waals surface area contributed by atoms with E-state index in [0.717, 1.165) is 30.0 Å². The van der Waals surface area contributed by atoms with Gasteiger partial charge in [-0.1, -0.05) is 11.6 Å². The molecule has 0 unspecified atom stereocenters. The summed E-state index contributed by atoms with van der Waals surface area (Å²) in [7, 11) is 0. The fraction of sp³-hybridized carbons (Fsp3) is 0.480. The van der Waals surface area contributed by atoms with Gasteiger partial charge in [-0.3, -0.25) is 14.7 Å². The number of nitrogens with zero attached hydrogens (tertiary/aromatic N) is 4. The molecule has 1 spiro atoms. The Morgan fingerprint density at radius 3 is 2.39 bits per heavy atom. The van der Waals surface area contributed by atoms with Crippen LogP contribution in [0.15, 0.2) is 36.7 Å². The minimum absolute atomic E-state index is 0.0438. The van der Waals surface area contributed by atoms with E-state index < -0.39 is 11.1 Å². The largest absolute Gasteiger partial charge is 0.444 e. The predicted octanol–water partition coefficient (Wildman–Crippen LogP) is 4.69. The maximum Gasteiger partial charge on any atom is 0.410 e. The fourth-order valence-corrected chi connectivity index (χ4v) is 5.39. The lowest BCUT2D eigenvalue weighted by molar-refractivity contribution is -0.0453. The first-order chi connectivity index (χ1) is 15.4. The van der Waals surface area contributed by atoms with E-state index in [1.807, 2.05) is 52.9 Å². The summed E-state index contributed by atoms with van der Waals surface area (Å²) < 4.78 is 5.47. The third kappa shape index (κ3) is 3.62. The summed E-state index contributed by atoms with van der Waals surface area (Å²) in [4.78, 5) is 35.8. The number of pyridine rings is 1. The first kappa shape index (κ1) is 22.0. The molecule has 1 aromatic heterocycles. The van der Waals surface area contributed by atoms with Crippen molar-refractivity contribution in [3.8, 4) is 0 Å². The van der Waals surface area contributed by atoms with Crippen molar-refractivity contribution in [3.05, 3.63) is 52.8 Å². The van der Waals surface area contributed by atoms with Crippen molar-refractivity contribution in [3.63, 3.8) is 0 Å². The molecule has 33 heavy (non-hydrogen) atoms. The van der Waals surface area contributed by atoms with Gasteiger partial charge >= 0.3 is 6.09 Å². The molecule has 174 valence electrons. The molecule has 2 fully saturated rings. The van der Waals surface area contributed by atoms with Crippen LogP contribution in [0.2, 0.25) is 5.02 Å². The van der Waals surface area contributed by atoms with Gasteiger partial charge in [0.15, 0.2) is 0 Å². The maximum atomic E-state index is 13.2. The van der Waals surface area contributed by atoms with E-state index in [1.54, 1.807) is 28.1 Å². The van der Waals surface area contributed by atoms with Gasteiger partial charge in [-0.2, -0.15) is 0 Å². The molecule has 0 aliphatic carbocycles. The first-order valence-corrected chi connectivity index (χ1v) is 11.6. The van der Waals surface area contributed by atoms with Gasteiger partial charge in [-0.15, -0.1) is 0 Å². The molecule has 8 heteroatoms. The van der Waals surface area contributed by atoms with Gasteiger partial charge in [-0.05, 0) is 64.4 Å². The van der Waals surface area contributed by atoms with Gasteiger partial charge in [0.05, 0.1) is 29.3 Å². The van der Waals surface area contributed by atoms with E-state index >= 15 is 0 Å². The van der Waals surface area contributed by atoms with E-state index in [0.29, 0.717) is 23.7 Å².